The second-order valence-corrected chi connectivity index (χ2v) is 6.66. The first-order chi connectivity index (χ1) is 13.5. The molecule has 0 bridgehead atoms. The van der Waals surface area contributed by atoms with Crippen LogP contribution in [0.25, 0.3) is 0 Å². The zero-order chi connectivity index (χ0) is 20.1. The zero-order valence-electron chi connectivity index (χ0n) is 16.5. The maximum atomic E-state index is 12.8. The summed E-state index contributed by atoms with van der Waals surface area (Å²) in [5.41, 5.74) is 2.71. The lowest BCUT2D eigenvalue weighted by atomic mass is 10.1. The number of carbonyl (C=O) groups is 1. The summed E-state index contributed by atoms with van der Waals surface area (Å²) in [6, 6.07) is 5.71. The summed E-state index contributed by atoms with van der Waals surface area (Å²) in [6.45, 7) is 8.36. The molecular weight excluding hydrogens is 360 g/mol. The Bertz CT molecular complexity index is 904. The van der Waals surface area contributed by atoms with Crippen molar-refractivity contribution in [3.8, 4) is 5.75 Å². The third-order valence-electron chi connectivity index (χ3n) is 4.83. The van der Waals surface area contributed by atoms with Crippen LogP contribution < -0.4 is 20.5 Å². The molecule has 1 N–H and O–H groups in total. The molecule has 1 aromatic carbocycles. The van der Waals surface area contributed by atoms with E-state index in [0.717, 1.165) is 11.1 Å². The SMILES string of the molecule is CCn1ncc(NC(=O)COc2cccc(C)c2C)c(N2CCOCC2)c1=O. The molecule has 28 heavy (non-hydrogen) atoms. The molecule has 1 amide bonds. The van der Waals surface area contributed by atoms with Crippen LogP contribution in [0, 0.1) is 13.8 Å². The van der Waals surface area contributed by atoms with Crippen molar-refractivity contribution in [1.82, 2.24) is 9.78 Å². The van der Waals surface area contributed by atoms with Gasteiger partial charge in [-0.15, -0.1) is 0 Å². The number of aryl methyl sites for hydroxylation is 2. The first-order valence-corrected chi connectivity index (χ1v) is 9.43. The van der Waals surface area contributed by atoms with E-state index in [0.29, 0.717) is 50.0 Å². The Morgan fingerprint density at radius 3 is 2.75 bits per heavy atom. The van der Waals surface area contributed by atoms with E-state index < -0.39 is 0 Å². The molecular formula is C20H26N4O4. The van der Waals surface area contributed by atoms with E-state index in [1.54, 1.807) is 0 Å². The number of rotatable bonds is 6. The molecule has 0 saturated carbocycles. The lowest BCUT2D eigenvalue weighted by Gasteiger charge is -2.29. The second-order valence-electron chi connectivity index (χ2n) is 6.66. The van der Waals surface area contributed by atoms with Crippen molar-refractivity contribution in [2.24, 2.45) is 0 Å². The number of nitrogens with one attached hydrogen (secondary N) is 1. The predicted octanol–water partition coefficient (Wildman–Crippen LogP) is 1.73. The fraction of sp³-hybridized carbons (Fsp3) is 0.450. The number of benzene rings is 1. The van der Waals surface area contributed by atoms with Crippen molar-refractivity contribution in [1.29, 1.82) is 0 Å². The van der Waals surface area contributed by atoms with Gasteiger partial charge >= 0.3 is 0 Å². The molecule has 2 aromatic rings. The average Bonchev–Trinajstić information content (AvgIpc) is 2.70. The van der Waals surface area contributed by atoms with Crippen LogP contribution in [0.2, 0.25) is 0 Å². The first-order valence-electron chi connectivity index (χ1n) is 9.43. The summed E-state index contributed by atoms with van der Waals surface area (Å²) in [5.74, 6) is 0.328. The number of anilines is 2. The Morgan fingerprint density at radius 2 is 2.04 bits per heavy atom. The Kier molecular flexibility index (Phi) is 6.30. The summed E-state index contributed by atoms with van der Waals surface area (Å²) in [7, 11) is 0. The Balaban J connectivity index is 1.77. The molecule has 1 aromatic heterocycles. The molecule has 1 aliphatic heterocycles. The quantitative estimate of drug-likeness (QED) is 0.814. The summed E-state index contributed by atoms with van der Waals surface area (Å²) < 4.78 is 12.4. The van der Waals surface area contributed by atoms with E-state index in [2.05, 4.69) is 10.4 Å². The van der Waals surface area contributed by atoms with Crippen LogP contribution >= 0.6 is 0 Å². The van der Waals surface area contributed by atoms with Gasteiger partial charge < -0.3 is 19.7 Å². The molecule has 1 fully saturated rings. The fourth-order valence-corrected chi connectivity index (χ4v) is 3.10. The minimum Gasteiger partial charge on any atom is -0.483 e. The highest BCUT2D eigenvalue weighted by Gasteiger charge is 2.21. The number of carbonyl (C=O) groups excluding carboxylic acids is 1. The van der Waals surface area contributed by atoms with E-state index in [9.17, 15) is 9.59 Å². The largest absolute Gasteiger partial charge is 0.483 e. The van der Waals surface area contributed by atoms with Crippen molar-refractivity contribution < 1.29 is 14.3 Å². The number of aromatic nitrogens is 2. The zero-order valence-corrected chi connectivity index (χ0v) is 16.5. The number of hydrogen-bond acceptors (Lipinski definition) is 6. The molecule has 0 radical (unpaired) electrons. The van der Waals surface area contributed by atoms with Crippen LogP contribution in [-0.4, -0.2) is 48.6 Å². The Labute approximate surface area is 164 Å². The van der Waals surface area contributed by atoms with Gasteiger partial charge in [-0.1, -0.05) is 12.1 Å². The molecule has 1 aliphatic rings. The van der Waals surface area contributed by atoms with Gasteiger partial charge in [0.15, 0.2) is 6.61 Å². The number of morpholine rings is 1. The average molecular weight is 386 g/mol. The molecule has 0 spiro atoms. The smallest absolute Gasteiger partial charge is 0.292 e. The van der Waals surface area contributed by atoms with Crippen molar-refractivity contribution in [2.75, 3.05) is 43.1 Å². The lowest BCUT2D eigenvalue weighted by Crippen LogP contribution is -2.41. The van der Waals surface area contributed by atoms with Crippen LogP contribution in [0.1, 0.15) is 18.1 Å². The van der Waals surface area contributed by atoms with Gasteiger partial charge in [0.05, 0.1) is 25.1 Å². The summed E-state index contributed by atoms with van der Waals surface area (Å²) >= 11 is 0. The second kappa shape index (κ2) is 8.88. The number of hydrogen-bond donors (Lipinski definition) is 1. The molecule has 3 rings (SSSR count). The standard InChI is InChI=1S/C20H26N4O4/c1-4-24-20(26)19(23-8-10-27-11-9-23)16(12-21-24)22-18(25)13-28-17-7-5-6-14(2)15(17)3/h5-7,12H,4,8-11,13H2,1-3H3,(H,22,25). The van der Waals surface area contributed by atoms with Gasteiger partial charge in [-0.25, -0.2) is 4.68 Å². The van der Waals surface area contributed by atoms with E-state index in [4.69, 9.17) is 9.47 Å². The number of nitrogens with zero attached hydrogens (tertiary/aromatic N) is 3. The van der Waals surface area contributed by atoms with Gasteiger partial charge in [-0.2, -0.15) is 5.10 Å². The van der Waals surface area contributed by atoms with E-state index >= 15 is 0 Å². The predicted molar refractivity (Wildman–Crippen MR) is 107 cm³/mol. The monoisotopic (exact) mass is 386 g/mol. The first kappa shape index (κ1) is 19.9. The van der Waals surface area contributed by atoms with E-state index in [1.807, 2.05) is 43.9 Å². The highest BCUT2D eigenvalue weighted by molar-refractivity contribution is 5.95. The van der Waals surface area contributed by atoms with Crippen LogP contribution in [0.4, 0.5) is 11.4 Å². The van der Waals surface area contributed by atoms with Gasteiger partial charge in [0.25, 0.3) is 11.5 Å². The topological polar surface area (TPSA) is 85.7 Å². The Hall–Kier alpha value is -2.87. The third-order valence-corrected chi connectivity index (χ3v) is 4.83. The highest BCUT2D eigenvalue weighted by atomic mass is 16.5. The molecule has 8 nitrogen and oxygen atoms in total. The highest BCUT2D eigenvalue weighted by Crippen LogP contribution is 2.23. The van der Waals surface area contributed by atoms with E-state index in [1.165, 1.54) is 10.9 Å². The van der Waals surface area contributed by atoms with Crippen LogP contribution in [-0.2, 0) is 16.1 Å². The molecule has 0 aliphatic carbocycles. The summed E-state index contributed by atoms with van der Waals surface area (Å²) in [4.78, 5) is 27.2. The van der Waals surface area contributed by atoms with Crippen molar-refractivity contribution >= 4 is 17.3 Å². The summed E-state index contributed by atoms with van der Waals surface area (Å²) in [6.07, 6.45) is 1.52. The molecule has 0 unspecified atom stereocenters. The third kappa shape index (κ3) is 4.33. The maximum absolute atomic E-state index is 12.8. The van der Waals surface area contributed by atoms with Crippen LogP contribution in [0.15, 0.2) is 29.2 Å². The minimum atomic E-state index is -0.342. The number of amides is 1. The van der Waals surface area contributed by atoms with Gasteiger partial charge in [0.1, 0.15) is 11.4 Å². The van der Waals surface area contributed by atoms with Crippen molar-refractivity contribution in [3.05, 3.63) is 45.9 Å². The van der Waals surface area contributed by atoms with Gasteiger partial charge in [-0.05, 0) is 38.0 Å². The van der Waals surface area contributed by atoms with Crippen molar-refractivity contribution in [3.63, 3.8) is 0 Å². The minimum absolute atomic E-state index is 0.149. The fourth-order valence-electron chi connectivity index (χ4n) is 3.10. The van der Waals surface area contributed by atoms with Gasteiger partial charge in [0, 0.05) is 19.6 Å². The molecule has 2 heterocycles. The molecule has 8 heteroatoms. The number of ether oxygens (including phenoxy) is 2. The molecule has 1 saturated heterocycles. The normalized spacial score (nSPS) is 14.0. The molecule has 150 valence electrons. The molecule has 0 atom stereocenters. The maximum Gasteiger partial charge on any atom is 0.292 e. The summed E-state index contributed by atoms with van der Waals surface area (Å²) in [5, 5.41) is 6.92. The Morgan fingerprint density at radius 1 is 1.29 bits per heavy atom. The lowest BCUT2D eigenvalue weighted by molar-refractivity contribution is -0.118. The van der Waals surface area contributed by atoms with Gasteiger partial charge in [0.2, 0.25) is 0 Å². The van der Waals surface area contributed by atoms with Crippen LogP contribution in [0.3, 0.4) is 0 Å². The van der Waals surface area contributed by atoms with Crippen LogP contribution in [0.5, 0.6) is 5.75 Å². The van der Waals surface area contributed by atoms with E-state index in [-0.39, 0.29) is 18.1 Å². The van der Waals surface area contributed by atoms with Gasteiger partial charge in [-0.3, -0.25) is 9.59 Å². The van der Waals surface area contributed by atoms with Crippen molar-refractivity contribution in [2.45, 2.75) is 27.3 Å².